The van der Waals surface area contributed by atoms with Gasteiger partial charge in [0.25, 0.3) is 0 Å². The van der Waals surface area contributed by atoms with Gasteiger partial charge in [0.15, 0.2) is 9.84 Å². The van der Waals surface area contributed by atoms with E-state index < -0.39 is 9.84 Å². The summed E-state index contributed by atoms with van der Waals surface area (Å²) in [5, 5.41) is 0. The lowest BCUT2D eigenvalue weighted by Gasteiger charge is -2.25. The summed E-state index contributed by atoms with van der Waals surface area (Å²) in [5.41, 5.74) is 0.684. The van der Waals surface area contributed by atoms with Crippen LogP contribution in [0.3, 0.4) is 0 Å². The Morgan fingerprint density at radius 2 is 2.05 bits per heavy atom. The molecule has 3 rings (SSSR count). The van der Waals surface area contributed by atoms with Gasteiger partial charge in [0.1, 0.15) is 5.75 Å². The fourth-order valence-corrected chi connectivity index (χ4v) is 5.21. The topological polar surface area (TPSA) is 63.7 Å². The second kappa shape index (κ2) is 4.77. The third-order valence-corrected chi connectivity index (χ3v) is 5.68. The lowest BCUT2D eigenvalue weighted by Crippen LogP contribution is -2.36. The molecule has 0 aliphatic carbocycles. The predicted octanol–water partition coefficient (Wildman–Crippen LogP) is 1.24. The van der Waals surface area contributed by atoms with Gasteiger partial charge >= 0.3 is 0 Å². The highest BCUT2D eigenvalue weighted by molar-refractivity contribution is 7.91. The molecule has 20 heavy (non-hydrogen) atoms. The molecule has 2 aliphatic heterocycles. The molecule has 0 bridgehead atoms. The van der Waals surface area contributed by atoms with Crippen LogP contribution < -0.4 is 9.64 Å². The fraction of sp³-hybridized carbons (Fsp3) is 0.500. The number of sulfone groups is 1. The number of carbonyl (C=O) groups is 1. The fourth-order valence-electron chi connectivity index (χ4n) is 3.14. The molecule has 1 amide bonds. The van der Waals surface area contributed by atoms with Crippen molar-refractivity contribution < 1.29 is 17.9 Å². The molecule has 2 heterocycles. The van der Waals surface area contributed by atoms with Crippen molar-refractivity contribution in [2.75, 3.05) is 23.0 Å². The standard InChI is InChI=1S/C14H17NO4S/c1-2-19-13-6-4-3-5-11(13)15-12-9-20(17,18)8-10(12)7-14(15)16/h3-6,10,12H,2,7-9H2,1H3/t10-,12-/m1/s1. The summed E-state index contributed by atoms with van der Waals surface area (Å²) in [6.45, 7) is 2.39. The van der Waals surface area contributed by atoms with Crippen molar-refractivity contribution in [3.8, 4) is 5.75 Å². The minimum Gasteiger partial charge on any atom is -0.492 e. The number of hydrogen-bond donors (Lipinski definition) is 0. The van der Waals surface area contributed by atoms with Crippen LogP contribution in [0.2, 0.25) is 0 Å². The quantitative estimate of drug-likeness (QED) is 0.841. The van der Waals surface area contributed by atoms with Crippen LogP contribution in [-0.4, -0.2) is 38.5 Å². The number of nitrogens with zero attached hydrogens (tertiary/aromatic N) is 1. The third-order valence-electron chi connectivity index (χ3n) is 3.90. The molecule has 2 aliphatic rings. The maximum Gasteiger partial charge on any atom is 0.227 e. The molecule has 0 aromatic heterocycles. The number of benzene rings is 1. The monoisotopic (exact) mass is 295 g/mol. The van der Waals surface area contributed by atoms with Crippen LogP contribution in [0, 0.1) is 5.92 Å². The van der Waals surface area contributed by atoms with Gasteiger partial charge in [-0.05, 0) is 19.1 Å². The van der Waals surface area contributed by atoms with Crippen LogP contribution in [0.1, 0.15) is 13.3 Å². The highest BCUT2D eigenvalue weighted by Crippen LogP contribution is 2.40. The van der Waals surface area contributed by atoms with E-state index in [-0.39, 0.29) is 29.4 Å². The van der Waals surface area contributed by atoms with E-state index in [1.807, 2.05) is 31.2 Å². The maximum atomic E-state index is 12.2. The van der Waals surface area contributed by atoms with Gasteiger partial charge in [0.2, 0.25) is 5.91 Å². The van der Waals surface area contributed by atoms with Gasteiger partial charge in [-0.25, -0.2) is 8.42 Å². The van der Waals surface area contributed by atoms with E-state index >= 15 is 0 Å². The molecule has 1 aromatic carbocycles. The molecule has 6 heteroatoms. The van der Waals surface area contributed by atoms with Gasteiger partial charge in [-0.15, -0.1) is 0 Å². The van der Waals surface area contributed by atoms with Crippen molar-refractivity contribution in [2.24, 2.45) is 5.92 Å². The summed E-state index contributed by atoms with van der Waals surface area (Å²) < 4.78 is 29.1. The highest BCUT2D eigenvalue weighted by Gasteiger charge is 2.49. The van der Waals surface area contributed by atoms with E-state index in [9.17, 15) is 13.2 Å². The van der Waals surface area contributed by atoms with Crippen molar-refractivity contribution >= 4 is 21.4 Å². The third kappa shape index (κ3) is 2.18. The Labute approximate surface area is 118 Å². The average Bonchev–Trinajstić information content (AvgIpc) is 2.81. The number of para-hydroxylation sites is 2. The molecule has 0 N–H and O–H groups in total. The molecule has 5 nitrogen and oxygen atoms in total. The summed E-state index contributed by atoms with van der Waals surface area (Å²) >= 11 is 0. The van der Waals surface area contributed by atoms with Gasteiger partial charge < -0.3 is 9.64 Å². The van der Waals surface area contributed by atoms with E-state index in [4.69, 9.17) is 4.74 Å². The van der Waals surface area contributed by atoms with E-state index in [0.717, 1.165) is 0 Å². The highest BCUT2D eigenvalue weighted by atomic mass is 32.2. The molecule has 0 unspecified atom stereocenters. The second-order valence-corrected chi connectivity index (χ2v) is 7.43. The van der Waals surface area contributed by atoms with Gasteiger partial charge in [-0.3, -0.25) is 4.79 Å². The van der Waals surface area contributed by atoms with Gasteiger partial charge in [-0.1, -0.05) is 12.1 Å². The van der Waals surface area contributed by atoms with Gasteiger partial charge in [0.05, 0.1) is 29.8 Å². The Balaban J connectivity index is 1.99. The van der Waals surface area contributed by atoms with Crippen LogP contribution >= 0.6 is 0 Å². The van der Waals surface area contributed by atoms with E-state index in [2.05, 4.69) is 0 Å². The summed E-state index contributed by atoms with van der Waals surface area (Å²) in [7, 11) is -3.03. The zero-order valence-corrected chi connectivity index (χ0v) is 12.1. The zero-order valence-electron chi connectivity index (χ0n) is 11.3. The predicted molar refractivity (Wildman–Crippen MR) is 75.6 cm³/mol. The first kappa shape index (κ1) is 13.4. The maximum absolute atomic E-state index is 12.2. The van der Waals surface area contributed by atoms with Crippen LogP contribution in [0.15, 0.2) is 24.3 Å². The molecule has 2 fully saturated rings. The SMILES string of the molecule is CCOc1ccccc1N1C(=O)C[C@@H]2CS(=O)(=O)C[C@H]21. The van der Waals surface area contributed by atoms with Crippen LogP contribution in [0.4, 0.5) is 5.69 Å². The van der Waals surface area contributed by atoms with Crippen molar-refractivity contribution in [3.05, 3.63) is 24.3 Å². The minimum absolute atomic E-state index is 0.0120. The van der Waals surface area contributed by atoms with Crippen molar-refractivity contribution in [1.82, 2.24) is 0 Å². The normalized spacial score (nSPS) is 27.6. The van der Waals surface area contributed by atoms with Crippen LogP contribution in [0.25, 0.3) is 0 Å². The summed E-state index contributed by atoms with van der Waals surface area (Å²) in [6.07, 6.45) is 0.310. The Morgan fingerprint density at radius 3 is 2.80 bits per heavy atom. The molecule has 2 saturated heterocycles. The molecule has 2 atom stereocenters. The minimum atomic E-state index is -3.03. The number of carbonyl (C=O) groups excluding carboxylic acids is 1. The molecule has 0 spiro atoms. The number of ether oxygens (including phenoxy) is 1. The molecule has 0 saturated carbocycles. The lowest BCUT2D eigenvalue weighted by molar-refractivity contribution is -0.117. The summed E-state index contributed by atoms with van der Waals surface area (Å²) in [5.74, 6) is 0.721. The largest absolute Gasteiger partial charge is 0.492 e. The van der Waals surface area contributed by atoms with E-state index in [0.29, 0.717) is 24.5 Å². The molecule has 1 aromatic rings. The number of rotatable bonds is 3. The van der Waals surface area contributed by atoms with Crippen LogP contribution in [-0.2, 0) is 14.6 Å². The van der Waals surface area contributed by atoms with Crippen LogP contribution in [0.5, 0.6) is 5.75 Å². The first-order valence-electron chi connectivity index (χ1n) is 6.76. The first-order chi connectivity index (χ1) is 9.52. The Bertz CT molecular complexity index is 640. The van der Waals surface area contributed by atoms with Crippen molar-refractivity contribution in [3.63, 3.8) is 0 Å². The summed E-state index contributed by atoms with van der Waals surface area (Å²) in [4.78, 5) is 13.9. The number of hydrogen-bond acceptors (Lipinski definition) is 4. The van der Waals surface area contributed by atoms with Crippen molar-refractivity contribution in [2.45, 2.75) is 19.4 Å². The first-order valence-corrected chi connectivity index (χ1v) is 8.58. The average molecular weight is 295 g/mol. The zero-order chi connectivity index (χ0) is 14.3. The molecule has 0 radical (unpaired) electrons. The Hall–Kier alpha value is -1.56. The molecular weight excluding hydrogens is 278 g/mol. The van der Waals surface area contributed by atoms with E-state index in [1.54, 1.807) is 4.90 Å². The lowest BCUT2D eigenvalue weighted by atomic mass is 10.0. The number of amides is 1. The van der Waals surface area contributed by atoms with Gasteiger partial charge in [0, 0.05) is 12.3 Å². The number of fused-ring (bicyclic) bond motifs is 1. The number of anilines is 1. The summed E-state index contributed by atoms with van der Waals surface area (Å²) in [6, 6.07) is 7.06. The van der Waals surface area contributed by atoms with Crippen molar-refractivity contribution in [1.29, 1.82) is 0 Å². The smallest absolute Gasteiger partial charge is 0.227 e. The van der Waals surface area contributed by atoms with Gasteiger partial charge in [-0.2, -0.15) is 0 Å². The van der Waals surface area contributed by atoms with E-state index in [1.165, 1.54) is 0 Å². The Morgan fingerprint density at radius 1 is 1.30 bits per heavy atom. The molecular formula is C14H17NO4S. The second-order valence-electron chi connectivity index (χ2n) is 5.27. The molecule has 108 valence electrons. The Kier molecular flexibility index (Phi) is 3.20.